The molecule has 0 atom stereocenters. The Balaban J connectivity index is 1.80. The third kappa shape index (κ3) is 3.24. The number of carbonyl (C=O) groups is 2. The topological polar surface area (TPSA) is 43.9 Å². The highest BCUT2D eigenvalue weighted by molar-refractivity contribution is 6.45. The summed E-state index contributed by atoms with van der Waals surface area (Å²) in [5.41, 5.74) is 2.23. The Bertz CT molecular complexity index is 901. The third-order valence-electron chi connectivity index (χ3n) is 5.03. The number of likely N-dealkylation sites (N-methyl/N-ethyl adjacent to an activating group) is 1. The predicted octanol–water partition coefficient (Wildman–Crippen LogP) is 2.87. The van der Waals surface area contributed by atoms with E-state index in [0.717, 1.165) is 13.1 Å². The summed E-state index contributed by atoms with van der Waals surface area (Å²) in [7, 11) is 2.06. The van der Waals surface area contributed by atoms with E-state index in [1.54, 1.807) is 36.4 Å². The molecule has 0 N–H and O–H groups in total. The number of para-hydroxylation sites is 1. The minimum atomic E-state index is -0.289. The number of halogens is 1. The molecule has 6 heteroatoms. The van der Waals surface area contributed by atoms with E-state index in [2.05, 4.69) is 11.9 Å². The molecule has 1 fully saturated rings. The average Bonchev–Trinajstić information content (AvgIpc) is 2.94. The normalized spacial score (nSPS) is 18.6. The van der Waals surface area contributed by atoms with Gasteiger partial charge in [-0.1, -0.05) is 41.9 Å². The lowest BCUT2D eigenvalue weighted by atomic mass is 10.0. The van der Waals surface area contributed by atoms with Crippen LogP contribution in [0, 0.1) is 0 Å². The summed E-state index contributed by atoms with van der Waals surface area (Å²) < 4.78 is 0. The van der Waals surface area contributed by atoms with Gasteiger partial charge in [0.2, 0.25) is 0 Å². The predicted molar refractivity (Wildman–Crippen MR) is 106 cm³/mol. The van der Waals surface area contributed by atoms with E-state index >= 15 is 0 Å². The van der Waals surface area contributed by atoms with Crippen molar-refractivity contribution in [3.63, 3.8) is 0 Å². The lowest BCUT2D eigenvalue weighted by Crippen LogP contribution is -2.46. The van der Waals surface area contributed by atoms with Gasteiger partial charge in [-0.25, -0.2) is 4.90 Å². The minimum absolute atomic E-state index is 0.263. The van der Waals surface area contributed by atoms with Gasteiger partial charge in [0.15, 0.2) is 0 Å². The molecule has 0 aliphatic carbocycles. The fraction of sp³-hybridized carbons (Fsp3) is 0.238. The van der Waals surface area contributed by atoms with Gasteiger partial charge in [-0.15, -0.1) is 0 Å². The van der Waals surface area contributed by atoms with E-state index in [9.17, 15) is 9.59 Å². The fourth-order valence-corrected chi connectivity index (χ4v) is 3.66. The Morgan fingerprint density at radius 1 is 0.815 bits per heavy atom. The molecule has 1 saturated heterocycles. The number of piperazine rings is 1. The zero-order valence-electron chi connectivity index (χ0n) is 15.1. The molecule has 0 aromatic heterocycles. The average molecular weight is 382 g/mol. The Morgan fingerprint density at radius 3 is 2.07 bits per heavy atom. The lowest BCUT2D eigenvalue weighted by Gasteiger charge is -2.34. The zero-order chi connectivity index (χ0) is 19.0. The maximum atomic E-state index is 13.3. The SMILES string of the molecule is CN1CCN(C2=C(c3ccc(Cl)cc3)C(=O)N(c3ccccc3)C2=O)CC1. The summed E-state index contributed by atoms with van der Waals surface area (Å²) in [4.78, 5) is 32.1. The van der Waals surface area contributed by atoms with Gasteiger partial charge in [0.1, 0.15) is 5.70 Å². The molecule has 2 aromatic carbocycles. The maximum Gasteiger partial charge on any atom is 0.282 e. The summed E-state index contributed by atoms with van der Waals surface area (Å²) in [6.45, 7) is 3.13. The summed E-state index contributed by atoms with van der Waals surface area (Å²) in [6.07, 6.45) is 0. The van der Waals surface area contributed by atoms with Crippen molar-refractivity contribution in [3.8, 4) is 0 Å². The molecule has 0 radical (unpaired) electrons. The highest BCUT2D eigenvalue weighted by Crippen LogP contribution is 2.35. The van der Waals surface area contributed by atoms with Crippen LogP contribution < -0.4 is 4.90 Å². The van der Waals surface area contributed by atoms with Crippen LogP contribution in [0.3, 0.4) is 0 Å². The van der Waals surface area contributed by atoms with Crippen molar-refractivity contribution < 1.29 is 9.59 Å². The third-order valence-corrected chi connectivity index (χ3v) is 5.28. The van der Waals surface area contributed by atoms with Crippen LogP contribution in [0.15, 0.2) is 60.3 Å². The number of rotatable bonds is 3. The monoisotopic (exact) mass is 381 g/mol. The van der Waals surface area contributed by atoms with E-state index in [4.69, 9.17) is 11.6 Å². The standard InChI is InChI=1S/C21H20ClN3O2/c1-23-11-13-24(14-12-23)19-18(15-7-9-16(22)10-8-15)20(26)25(21(19)27)17-5-3-2-4-6-17/h2-10H,11-14H2,1H3. The molecule has 4 rings (SSSR count). The molecule has 5 nitrogen and oxygen atoms in total. The molecule has 27 heavy (non-hydrogen) atoms. The number of imide groups is 1. The first-order chi connectivity index (χ1) is 13.1. The number of nitrogens with zero attached hydrogens (tertiary/aromatic N) is 3. The van der Waals surface area contributed by atoms with E-state index in [1.165, 1.54) is 4.90 Å². The van der Waals surface area contributed by atoms with Crippen LogP contribution in [0.1, 0.15) is 5.56 Å². The number of carbonyl (C=O) groups excluding carboxylic acids is 2. The van der Waals surface area contributed by atoms with Crippen molar-refractivity contribution in [2.24, 2.45) is 0 Å². The molecule has 0 unspecified atom stereocenters. The van der Waals surface area contributed by atoms with Gasteiger partial charge >= 0.3 is 0 Å². The van der Waals surface area contributed by atoms with E-state index in [0.29, 0.717) is 40.6 Å². The molecule has 2 aliphatic rings. The molecule has 2 heterocycles. The zero-order valence-corrected chi connectivity index (χ0v) is 15.8. The number of benzene rings is 2. The minimum Gasteiger partial charge on any atom is -0.364 e. The molecule has 2 aliphatic heterocycles. The fourth-order valence-electron chi connectivity index (χ4n) is 3.53. The van der Waals surface area contributed by atoms with Crippen LogP contribution in [0.4, 0.5) is 5.69 Å². The Morgan fingerprint density at radius 2 is 1.44 bits per heavy atom. The molecule has 0 spiro atoms. The quantitative estimate of drug-likeness (QED) is 0.767. The molecule has 0 saturated carbocycles. The first-order valence-electron chi connectivity index (χ1n) is 8.94. The van der Waals surface area contributed by atoms with Crippen molar-refractivity contribution in [2.45, 2.75) is 0 Å². The largest absolute Gasteiger partial charge is 0.364 e. The highest BCUT2D eigenvalue weighted by Gasteiger charge is 2.42. The molecule has 0 bridgehead atoms. The van der Waals surface area contributed by atoms with Crippen LogP contribution >= 0.6 is 11.6 Å². The maximum absolute atomic E-state index is 13.3. The molecular formula is C21H20ClN3O2. The van der Waals surface area contributed by atoms with Crippen molar-refractivity contribution in [3.05, 3.63) is 70.9 Å². The molecular weight excluding hydrogens is 362 g/mol. The number of amides is 2. The van der Waals surface area contributed by atoms with Crippen molar-refractivity contribution >= 4 is 34.7 Å². The molecule has 138 valence electrons. The summed E-state index contributed by atoms with van der Waals surface area (Å²) in [6, 6.07) is 16.2. The number of anilines is 1. The van der Waals surface area contributed by atoms with Gasteiger partial charge < -0.3 is 9.80 Å². The van der Waals surface area contributed by atoms with Crippen LogP contribution in [-0.2, 0) is 9.59 Å². The van der Waals surface area contributed by atoms with Crippen LogP contribution in [0.2, 0.25) is 5.02 Å². The molecule has 2 amide bonds. The second-order valence-electron chi connectivity index (χ2n) is 6.80. The van der Waals surface area contributed by atoms with Gasteiger partial charge in [-0.05, 0) is 36.9 Å². The van der Waals surface area contributed by atoms with E-state index < -0.39 is 0 Å². The lowest BCUT2D eigenvalue weighted by molar-refractivity contribution is -0.120. The first kappa shape index (κ1) is 17.8. The van der Waals surface area contributed by atoms with Gasteiger partial charge in [0.25, 0.3) is 11.8 Å². The van der Waals surface area contributed by atoms with Gasteiger partial charge in [0, 0.05) is 31.2 Å². The van der Waals surface area contributed by atoms with E-state index in [-0.39, 0.29) is 11.8 Å². The second kappa shape index (κ2) is 7.18. The molecule has 2 aromatic rings. The van der Waals surface area contributed by atoms with E-state index in [1.807, 2.05) is 23.1 Å². The second-order valence-corrected chi connectivity index (χ2v) is 7.24. The van der Waals surface area contributed by atoms with Gasteiger partial charge in [-0.2, -0.15) is 0 Å². The first-order valence-corrected chi connectivity index (χ1v) is 9.31. The van der Waals surface area contributed by atoms with Crippen molar-refractivity contribution in [2.75, 3.05) is 38.1 Å². The Kier molecular flexibility index (Phi) is 4.72. The summed E-state index contributed by atoms with van der Waals surface area (Å²) in [5.74, 6) is -0.553. The number of hydrogen-bond donors (Lipinski definition) is 0. The Hall–Kier alpha value is -2.63. The van der Waals surface area contributed by atoms with Gasteiger partial charge in [0.05, 0.1) is 11.3 Å². The van der Waals surface area contributed by atoms with Crippen molar-refractivity contribution in [1.29, 1.82) is 0 Å². The van der Waals surface area contributed by atoms with Crippen LogP contribution in [0.25, 0.3) is 5.57 Å². The van der Waals surface area contributed by atoms with Crippen molar-refractivity contribution in [1.82, 2.24) is 9.80 Å². The highest BCUT2D eigenvalue weighted by atomic mass is 35.5. The summed E-state index contributed by atoms with van der Waals surface area (Å²) >= 11 is 6.01. The smallest absolute Gasteiger partial charge is 0.282 e. The van der Waals surface area contributed by atoms with Gasteiger partial charge in [-0.3, -0.25) is 9.59 Å². The van der Waals surface area contributed by atoms with Crippen LogP contribution in [-0.4, -0.2) is 54.8 Å². The summed E-state index contributed by atoms with van der Waals surface area (Å²) in [5, 5.41) is 0.595. The number of hydrogen-bond acceptors (Lipinski definition) is 4. The Labute approximate surface area is 163 Å². The van der Waals surface area contributed by atoms with Crippen LogP contribution in [0.5, 0.6) is 0 Å².